The van der Waals surface area contributed by atoms with Crippen molar-refractivity contribution >= 4 is 33.3 Å². The molecule has 0 saturated heterocycles. The van der Waals surface area contributed by atoms with Crippen molar-refractivity contribution in [3.05, 3.63) is 80.0 Å². The molecule has 17 heteroatoms. The fraction of sp³-hybridized carbons (Fsp3) is 0.280. The van der Waals surface area contributed by atoms with Crippen LogP contribution in [0.4, 0.5) is 37.7 Å². The van der Waals surface area contributed by atoms with Gasteiger partial charge in [-0.2, -0.15) is 40.3 Å². The lowest BCUT2D eigenvalue weighted by molar-refractivity contribution is -1.92. The molecule has 0 fully saturated rings. The Bertz CT molecular complexity index is 1640. The quantitative estimate of drug-likeness (QED) is 0.225. The standard InChI is InChI=1S/C13H12F3NO2.C12H10F3NO2.ClHO4/c1-3-17-10-6-11-8(4-7(10)2)9(13(14,15)16)5-12(18)19-11;1-2-16-7-3-4-8-9(12(13,14)15)6-11(17)18-10(8)5-7;2-1(3,4)5/h4-6,17H,3H2,1-2H3;3-6,16H,2H2,1H3;(H,2,3,4,5). The van der Waals surface area contributed by atoms with E-state index in [0.29, 0.717) is 42.2 Å². The van der Waals surface area contributed by atoms with E-state index in [4.69, 9.17) is 27.5 Å². The van der Waals surface area contributed by atoms with E-state index in [0.717, 1.165) is 0 Å². The van der Waals surface area contributed by atoms with Crippen molar-refractivity contribution in [2.24, 2.45) is 0 Å². The molecule has 0 unspecified atom stereocenters. The summed E-state index contributed by atoms with van der Waals surface area (Å²) in [6.07, 6.45) is -9.16. The summed E-state index contributed by atoms with van der Waals surface area (Å²) in [6, 6.07) is 7.93. The molecule has 0 radical (unpaired) electrons. The van der Waals surface area contributed by atoms with Crippen molar-refractivity contribution in [1.29, 1.82) is 0 Å². The molecule has 0 aliphatic carbocycles. The maximum atomic E-state index is 12.9. The Morgan fingerprint density at radius 1 is 0.762 bits per heavy atom. The van der Waals surface area contributed by atoms with Gasteiger partial charge in [0.1, 0.15) is 11.2 Å². The normalized spacial score (nSPS) is 11.8. The summed E-state index contributed by atoms with van der Waals surface area (Å²) in [5.74, 6) is 0. The second-order valence-electron chi connectivity index (χ2n) is 8.28. The molecule has 0 bridgehead atoms. The molecule has 42 heavy (non-hydrogen) atoms. The maximum absolute atomic E-state index is 12.9. The van der Waals surface area contributed by atoms with Gasteiger partial charge in [0.15, 0.2) is 0 Å². The molecule has 0 saturated carbocycles. The third-order valence-corrected chi connectivity index (χ3v) is 5.19. The minimum Gasteiger partial charge on any atom is -0.423 e. The largest absolute Gasteiger partial charge is 0.423 e. The first-order valence-electron chi connectivity index (χ1n) is 11.7. The Hall–Kier alpha value is -3.83. The van der Waals surface area contributed by atoms with E-state index in [1.54, 1.807) is 6.92 Å². The fourth-order valence-electron chi connectivity index (χ4n) is 3.64. The number of rotatable bonds is 4. The summed E-state index contributed by atoms with van der Waals surface area (Å²) >= 11 is 0. The second kappa shape index (κ2) is 13.4. The van der Waals surface area contributed by atoms with Crippen LogP contribution in [0.15, 0.2) is 60.9 Å². The van der Waals surface area contributed by atoms with Crippen molar-refractivity contribution in [3.8, 4) is 0 Å². The maximum Gasteiger partial charge on any atom is 0.417 e. The second-order valence-corrected chi connectivity index (χ2v) is 9.08. The highest BCUT2D eigenvalue weighted by Gasteiger charge is 2.34. The van der Waals surface area contributed by atoms with Crippen LogP contribution in [0.25, 0.3) is 21.9 Å². The van der Waals surface area contributed by atoms with Crippen molar-refractivity contribution < 1.29 is 64.1 Å². The lowest BCUT2D eigenvalue weighted by Crippen LogP contribution is -2.58. The van der Waals surface area contributed by atoms with Gasteiger partial charge in [-0.3, -0.25) is 0 Å². The first kappa shape index (κ1) is 34.4. The van der Waals surface area contributed by atoms with Crippen LogP contribution in [-0.4, -0.2) is 17.7 Å². The Morgan fingerprint density at radius 2 is 1.21 bits per heavy atom. The molecule has 2 heterocycles. The minimum absolute atomic E-state index is 0.0682. The van der Waals surface area contributed by atoms with Crippen LogP contribution in [0.1, 0.15) is 30.5 Å². The predicted molar refractivity (Wildman–Crippen MR) is 130 cm³/mol. The van der Waals surface area contributed by atoms with E-state index in [9.17, 15) is 35.9 Å². The van der Waals surface area contributed by atoms with E-state index < -0.39 is 45.0 Å². The zero-order valence-corrected chi connectivity index (χ0v) is 22.7. The number of hydrogen-bond donors (Lipinski definition) is 3. The summed E-state index contributed by atoms with van der Waals surface area (Å²) < 4.78 is 119. The lowest BCUT2D eigenvalue weighted by atomic mass is 10.1. The van der Waals surface area contributed by atoms with Crippen molar-refractivity contribution in [3.63, 3.8) is 0 Å². The van der Waals surface area contributed by atoms with Gasteiger partial charge in [0, 0.05) is 59.5 Å². The first-order valence-corrected chi connectivity index (χ1v) is 12.9. The number of benzene rings is 2. The molecule has 0 spiro atoms. The van der Waals surface area contributed by atoms with E-state index in [1.165, 1.54) is 30.3 Å². The van der Waals surface area contributed by atoms with Crippen LogP contribution in [0.5, 0.6) is 0 Å². The van der Waals surface area contributed by atoms with E-state index in [-0.39, 0.29) is 21.9 Å². The third-order valence-electron chi connectivity index (χ3n) is 5.19. The van der Waals surface area contributed by atoms with Crippen molar-refractivity contribution in [2.75, 3.05) is 23.7 Å². The number of aryl methyl sites for hydroxylation is 1. The highest BCUT2D eigenvalue weighted by molar-refractivity contribution is 5.86. The van der Waals surface area contributed by atoms with Gasteiger partial charge >= 0.3 is 23.6 Å². The van der Waals surface area contributed by atoms with Crippen molar-refractivity contribution in [1.82, 2.24) is 0 Å². The predicted octanol–water partition coefficient (Wildman–Crippen LogP) is 2.67. The molecule has 0 atom stereocenters. The Kier molecular flexibility index (Phi) is 11.0. The van der Waals surface area contributed by atoms with Gasteiger partial charge in [0.2, 0.25) is 0 Å². The molecule has 0 aliphatic heterocycles. The lowest BCUT2D eigenvalue weighted by Gasteiger charge is -2.12. The van der Waals surface area contributed by atoms with Gasteiger partial charge in [-0.15, -0.1) is 0 Å². The summed E-state index contributed by atoms with van der Waals surface area (Å²) in [6.45, 7) is 6.66. The number of fused-ring (bicyclic) bond motifs is 2. The summed E-state index contributed by atoms with van der Waals surface area (Å²) in [5, 5.41) is 5.71. The smallest absolute Gasteiger partial charge is 0.417 e. The monoisotopic (exact) mass is 628 g/mol. The van der Waals surface area contributed by atoms with E-state index in [2.05, 4.69) is 10.6 Å². The molecule has 4 aromatic rings. The average Bonchev–Trinajstić information content (AvgIpc) is 2.82. The van der Waals surface area contributed by atoms with Crippen LogP contribution in [0.3, 0.4) is 0 Å². The van der Waals surface area contributed by atoms with Crippen LogP contribution in [-0.2, 0) is 12.4 Å². The first-order chi connectivity index (χ1) is 19.2. The van der Waals surface area contributed by atoms with Crippen LogP contribution in [0, 0.1) is 17.2 Å². The Morgan fingerprint density at radius 3 is 1.67 bits per heavy atom. The van der Waals surface area contributed by atoms with Gasteiger partial charge in [-0.25, -0.2) is 9.59 Å². The molecular formula is C25H23ClF6N2O8. The molecule has 4 rings (SSSR count). The SMILES string of the molecule is CCNc1cc2oc(=O)cc(C(F)(F)F)c2cc1C.CCNc1ccc2c(C(F)(F)F)cc(=O)oc2c1.[O-][Cl+3]([O-])([O-])O. The molecule has 10 nitrogen and oxygen atoms in total. The van der Waals surface area contributed by atoms with E-state index >= 15 is 0 Å². The Labute approximate surface area is 234 Å². The number of hydrogen-bond acceptors (Lipinski definition) is 10. The van der Waals surface area contributed by atoms with Gasteiger partial charge in [0.25, 0.3) is 0 Å². The third kappa shape index (κ3) is 9.92. The highest BCUT2D eigenvalue weighted by atomic mass is 35.7. The zero-order chi connectivity index (χ0) is 32.0. The summed E-state index contributed by atoms with van der Waals surface area (Å²) in [4.78, 5) is 22.4. The van der Waals surface area contributed by atoms with Gasteiger partial charge in [-0.1, -0.05) is 0 Å². The van der Waals surface area contributed by atoms with Crippen molar-refractivity contribution in [2.45, 2.75) is 33.1 Å². The van der Waals surface area contributed by atoms with Crippen LogP contribution in [0.2, 0.25) is 0 Å². The molecule has 230 valence electrons. The highest BCUT2D eigenvalue weighted by Crippen LogP contribution is 2.36. The van der Waals surface area contributed by atoms with Crippen LogP contribution < -0.4 is 35.9 Å². The van der Waals surface area contributed by atoms with Gasteiger partial charge in [0.05, 0.1) is 26.0 Å². The molecule has 0 amide bonds. The van der Waals surface area contributed by atoms with E-state index in [1.807, 2.05) is 13.8 Å². The number of anilines is 2. The topological polar surface area (TPSA) is 174 Å². The molecule has 2 aromatic carbocycles. The number of nitrogens with one attached hydrogen (secondary N) is 2. The molecular weight excluding hydrogens is 606 g/mol. The van der Waals surface area contributed by atoms with Crippen LogP contribution >= 0.6 is 0 Å². The Balaban J connectivity index is 0.000000254. The average molecular weight is 629 g/mol. The van der Waals surface area contributed by atoms with Gasteiger partial charge < -0.3 is 19.5 Å². The zero-order valence-electron chi connectivity index (χ0n) is 21.9. The summed E-state index contributed by atoms with van der Waals surface area (Å²) in [7, 11) is -4.69. The number of alkyl halides is 6. The summed E-state index contributed by atoms with van der Waals surface area (Å²) in [5.41, 5.74) is -2.19. The fourth-order valence-corrected chi connectivity index (χ4v) is 3.64. The molecule has 3 N–H and O–H groups in total. The minimum atomic E-state index is -4.69. The molecule has 2 aromatic heterocycles. The number of halogens is 7. The van der Waals surface area contributed by atoms with Gasteiger partial charge in [-0.05, 0) is 44.5 Å². The molecule has 0 aliphatic rings.